The van der Waals surface area contributed by atoms with Crippen LogP contribution in [0.25, 0.3) is 0 Å². The number of rotatable bonds is 3. The Kier molecular flexibility index (Phi) is 5.55. The van der Waals surface area contributed by atoms with E-state index in [0.717, 1.165) is 18.0 Å². The Hall–Kier alpha value is -1.60. The average molecular weight is 353 g/mol. The van der Waals surface area contributed by atoms with Gasteiger partial charge in [0.1, 0.15) is 5.60 Å². The van der Waals surface area contributed by atoms with Crippen LogP contribution in [0.5, 0.6) is 0 Å². The van der Waals surface area contributed by atoms with E-state index in [2.05, 4.69) is 11.8 Å². The van der Waals surface area contributed by atoms with Crippen molar-refractivity contribution in [2.24, 2.45) is 5.73 Å². The number of nitrogens with two attached hydrogens (primary N) is 1. The molecule has 0 aliphatic carbocycles. The first kappa shape index (κ1) is 18.7. The van der Waals surface area contributed by atoms with Crippen molar-refractivity contribution < 1.29 is 14.3 Å². The van der Waals surface area contributed by atoms with Gasteiger partial charge >= 0.3 is 6.09 Å². The van der Waals surface area contributed by atoms with Crippen molar-refractivity contribution in [3.8, 4) is 0 Å². The summed E-state index contributed by atoms with van der Waals surface area (Å²) in [6.45, 7) is 11.9. The molecule has 0 bridgehead atoms. The molecule has 2 amide bonds. The fraction of sp³-hybridized carbons (Fsp3) is 0.647. The van der Waals surface area contributed by atoms with Crippen LogP contribution in [0.1, 0.15) is 49.9 Å². The number of piperazine rings is 1. The number of nitrogens with zero attached hydrogens (tertiary/aromatic N) is 2. The maximum absolute atomic E-state index is 12.3. The van der Waals surface area contributed by atoms with Gasteiger partial charge in [0.15, 0.2) is 0 Å². The number of primary amides is 1. The molecule has 0 spiro atoms. The van der Waals surface area contributed by atoms with E-state index in [9.17, 15) is 9.59 Å². The SMILES string of the molecule is C[C@@H]1CN(Cc2cc(C(N)=O)cs2)[C@@H](C)CN1C(=O)OC(C)(C)C. The maximum atomic E-state index is 12.3. The number of thiophene rings is 1. The van der Waals surface area contributed by atoms with Gasteiger partial charge in [-0.2, -0.15) is 0 Å². The Morgan fingerprint density at radius 1 is 1.29 bits per heavy atom. The van der Waals surface area contributed by atoms with Crippen LogP contribution in [-0.4, -0.2) is 52.6 Å². The van der Waals surface area contributed by atoms with Crippen LogP contribution in [0.2, 0.25) is 0 Å². The standard InChI is InChI=1S/C17H27N3O3S/c1-11-8-20(16(22)23-17(3,4)5)12(2)7-19(11)9-14-6-13(10-24-14)15(18)21/h6,10-12H,7-9H2,1-5H3,(H2,18,21)/t11-,12+/m0/s1. The number of carbonyl (C=O) groups excluding carboxylic acids is 2. The Balaban J connectivity index is 1.99. The monoisotopic (exact) mass is 353 g/mol. The molecule has 6 nitrogen and oxygen atoms in total. The molecule has 2 N–H and O–H groups in total. The predicted molar refractivity (Wildman–Crippen MR) is 95.1 cm³/mol. The third-order valence-corrected chi connectivity index (χ3v) is 4.96. The topological polar surface area (TPSA) is 75.9 Å². The quantitative estimate of drug-likeness (QED) is 0.906. The van der Waals surface area contributed by atoms with Crippen molar-refractivity contribution in [2.75, 3.05) is 13.1 Å². The van der Waals surface area contributed by atoms with Crippen LogP contribution in [0.4, 0.5) is 4.79 Å². The summed E-state index contributed by atoms with van der Waals surface area (Å²) < 4.78 is 5.50. The van der Waals surface area contributed by atoms with Gasteiger partial charge in [-0.1, -0.05) is 0 Å². The number of amides is 2. The van der Waals surface area contributed by atoms with E-state index in [0.29, 0.717) is 12.1 Å². The van der Waals surface area contributed by atoms with E-state index < -0.39 is 11.5 Å². The molecule has 2 rings (SSSR count). The zero-order chi connectivity index (χ0) is 18.1. The van der Waals surface area contributed by atoms with Crippen LogP contribution >= 0.6 is 11.3 Å². The summed E-state index contributed by atoms with van der Waals surface area (Å²) in [5.74, 6) is -0.395. The average Bonchev–Trinajstić information content (AvgIpc) is 2.89. The Morgan fingerprint density at radius 2 is 1.96 bits per heavy atom. The molecule has 2 atom stereocenters. The highest BCUT2D eigenvalue weighted by molar-refractivity contribution is 7.10. The maximum Gasteiger partial charge on any atom is 0.410 e. The second-order valence-corrected chi connectivity index (χ2v) is 8.42. The van der Waals surface area contributed by atoms with Crippen LogP contribution in [0.3, 0.4) is 0 Å². The number of hydrogen-bond acceptors (Lipinski definition) is 5. The van der Waals surface area contributed by atoms with Crippen LogP contribution in [0, 0.1) is 0 Å². The first-order valence-corrected chi connectivity index (χ1v) is 9.05. The second-order valence-electron chi connectivity index (χ2n) is 7.43. The molecule has 24 heavy (non-hydrogen) atoms. The molecule has 1 saturated heterocycles. The summed E-state index contributed by atoms with van der Waals surface area (Å²) in [4.78, 5) is 28.8. The Labute approximate surface area is 147 Å². The van der Waals surface area contributed by atoms with E-state index in [1.807, 2.05) is 33.8 Å². The van der Waals surface area contributed by atoms with Crippen LogP contribution in [0.15, 0.2) is 11.4 Å². The minimum atomic E-state index is -0.487. The highest BCUT2D eigenvalue weighted by Gasteiger charge is 2.34. The fourth-order valence-electron chi connectivity index (χ4n) is 2.79. The molecule has 7 heteroatoms. The molecule has 0 radical (unpaired) electrons. The normalized spacial score (nSPS) is 22.5. The van der Waals surface area contributed by atoms with E-state index >= 15 is 0 Å². The smallest absolute Gasteiger partial charge is 0.410 e. The van der Waals surface area contributed by atoms with E-state index in [-0.39, 0.29) is 18.2 Å². The minimum absolute atomic E-state index is 0.0756. The van der Waals surface area contributed by atoms with Crippen molar-refractivity contribution in [1.82, 2.24) is 9.80 Å². The third kappa shape index (κ3) is 4.70. The van der Waals surface area contributed by atoms with E-state index in [1.165, 1.54) is 0 Å². The van der Waals surface area contributed by atoms with Crippen molar-refractivity contribution >= 4 is 23.3 Å². The molecule has 1 aliphatic rings. The van der Waals surface area contributed by atoms with E-state index in [1.54, 1.807) is 21.6 Å². The summed E-state index contributed by atoms with van der Waals surface area (Å²) in [5.41, 5.74) is 5.38. The minimum Gasteiger partial charge on any atom is -0.444 e. The molecule has 1 fully saturated rings. The highest BCUT2D eigenvalue weighted by atomic mass is 32.1. The molecule has 0 unspecified atom stereocenters. The molecule has 2 heterocycles. The lowest BCUT2D eigenvalue weighted by molar-refractivity contribution is -0.0115. The molecule has 1 aromatic heterocycles. The molecular weight excluding hydrogens is 326 g/mol. The van der Waals surface area contributed by atoms with Gasteiger partial charge in [-0.15, -0.1) is 11.3 Å². The number of carbonyl (C=O) groups is 2. The molecule has 1 aliphatic heterocycles. The first-order chi connectivity index (χ1) is 11.1. The van der Waals surface area contributed by atoms with Crippen molar-refractivity contribution in [2.45, 2.75) is 58.8 Å². The van der Waals surface area contributed by atoms with Crippen molar-refractivity contribution in [3.63, 3.8) is 0 Å². The number of hydrogen-bond donors (Lipinski definition) is 1. The van der Waals surface area contributed by atoms with E-state index in [4.69, 9.17) is 10.5 Å². The lowest BCUT2D eigenvalue weighted by atomic mass is 10.1. The lowest BCUT2D eigenvalue weighted by Crippen LogP contribution is -2.58. The molecular formula is C17H27N3O3S. The van der Waals surface area contributed by atoms with Gasteiger partial charge in [-0.25, -0.2) is 4.79 Å². The van der Waals surface area contributed by atoms with Gasteiger partial charge in [0.25, 0.3) is 0 Å². The van der Waals surface area contributed by atoms with Gasteiger partial charge in [0.2, 0.25) is 5.91 Å². The summed E-state index contributed by atoms with van der Waals surface area (Å²) in [6.07, 6.45) is -0.256. The zero-order valence-electron chi connectivity index (χ0n) is 15.0. The largest absolute Gasteiger partial charge is 0.444 e. The van der Waals surface area contributed by atoms with Crippen LogP contribution < -0.4 is 5.73 Å². The first-order valence-electron chi connectivity index (χ1n) is 8.17. The van der Waals surface area contributed by atoms with Gasteiger partial charge in [0, 0.05) is 42.0 Å². The summed E-state index contributed by atoms with van der Waals surface area (Å²) in [5, 5.41) is 1.79. The van der Waals surface area contributed by atoms with Crippen molar-refractivity contribution in [3.05, 3.63) is 21.9 Å². The zero-order valence-corrected chi connectivity index (χ0v) is 15.9. The molecule has 1 aromatic rings. The van der Waals surface area contributed by atoms with Gasteiger partial charge in [0.05, 0.1) is 5.56 Å². The summed E-state index contributed by atoms with van der Waals surface area (Å²) in [6, 6.07) is 2.14. The Morgan fingerprint density at radius 3 is 2.50 bits per heavy atom. The second kappa shape index (κ2) is 7.11. The highest BCUT2D eigenvalue weighted by Crippen LogP contribution is 2.23. The number of ether oxygens (including phenoxy) is 1. The summed E-state index contributed by atoms with van der Waals surface area (Å²) >= 11 is 1.54. The molecule has 134 valence electrons. The third-order valence-electron chi connectivity index (χ3n) is 4.04. The predicted octanol–water partition coefficient (Wildman–Crippen LogP) is 2.68. The molecule has 0 aromatic carbocycles. The van der Waals surface area contributed by atoms with Gasteiger partial charge in [-0.05, 0) is 40.7 Å². The van der Waals surface area contributed by atoms with Crippen LogP contribution in [-0.2, 0) is 11.3 Å². The lowest BCUT2D eigenvalue weighted by Gasteiger charge is -2.44. The van der Waals surface area contributed by atoms with Gasteiger partial charge < -0.3 is 15.4 Å². The molecule has 0 saturated carbocycles. The summed E-state index contributed by atoms with van der Waals surface area (Å²) in [7, 11) is 0. The Bertz CT molecular complexity index is 608. The fourth-order valence-corrected chi connectivity index (χ4v) is 3.68. The van der Waals surface area contributed by atoms with Crippen molar-refractivity contribution in [1.29, 1.82) is 0 Å². The van der Waals surface area contributed by atoms with Gasteiger partial charge in [-0.3, -0.25) is 9.69 Å².